The maximum atomic E-state index is 11.7. The van der Waals surface area contributed by atoms with Gasteiger partial charge < -0.3 is 4.74 Å². The molecule has 0 aromatic rings. The monoisotopic (exact) mass is 321 g/mol. The van der Waals surface area contributed by atoms with Crippen molar-refractivity contribution in [1.82, 2.24) is 4.31 Å². The molecule has 1 atom stereocenters. The molecule has 0 heterocycles. The fraction of sp³-hybridized carbons (Fsp3) is 1.00. The van der Waals surface area contributed by atoms with Crippen molar-refractivity contribution in [3.8, 4) is 0 Å². The van der Waals surface area contributed by atoms with Crippen molar-refractivity contribution in [2.24, 2.45) is 11.3 Å². The normalized spacial score (nSPS) is 15.8. The molecule has 128 valence electrons. The van der Waals surface area contributed by atoms with Crippen LogP contribution in [0.15, 0.2) is 0 Å². The summed E-state index contributed by atoms with van der Waals surface area (Å²) < 4.78 is 30.8. The zero-order valence-electron chi connectivity index (χ0n) is 15.4. The van der Waals surface area contributed by atoms with Crippen LogP contribution in [0.2, 0.25) is 0 Å². The van der Waals surface area contributed by atoms with E-state index in [9.17, 15) is 8.42 Å². The van der Waals surface area contributed by atoms with E-state index in [0.29, 0.717) is 12.5 Å². The number of hydrogen-bond acceptors (Lipinski definition) is 3. The lowest BCUT2D eigenvalue weighted by atomic mass is 9.76. The first-order valence-corrected chi connectivity index (χ1v) is 9.64. The molecular weight excluding hydrogens is 286 g/mol. The van der Waals surface area contributed by atoms with Crippen LogP contribution in [0.4, 0.5) is 0 Å². The van der Waals surface area contributed by atoms with Gasteiger partial charge in [0.1, 0.15) is 0 Å². The molecule has 0 spiro atoms. The van der Waals surface area contributed by atoms with E-state index in [-0.39, 0.29) is 11.5 Å². The molecule has 0 saturated carbocycles. The summed E-state index contributed by atoms with van der Waals surface area (Å²) in [6.07, 6.45) is 3.32. The zero-order chi connectivity index (χ0) is 17.1. The average molecular weight is 322 g/mol. The van der Waals surface area contributed by atoms with Gasteiger partial charge in [-0.1, -0.05) is 34.6 Å². The Balaban J connectivity index is 4.74. The lowest BCUT2D eigenvalue weighted by Gasteiger charge is -2.37. The van der Waals surface area contributed by atoms with Crippen LogP contribution in [0.1, 0.15) is 61.3 Å². The topological polar surface area (TPSA) is 46.6 Å². The lowest BCUT2D eigenvalue weighted by molar-refractivity contribution is -0.0259. The van der Waals surface area contributed by atoms with Crippen LogP contribution in [-0.2, 0) is 14.8 Å². The van der Waals surface area contributed by atoms with Crippen molar-refractivity contribution in [1.29, 1.82) is 0 Å². The Labute approximate surface area is 132 Å². The number of sulfonamides is 1. The van der Waals surface area contributed by atoms with Crippen molar-refractivity contribution in [2.75, 3.05) is 19.9 Å². The summed E-state index contributed by atoms with van der Waals surface area (Å²) in [4.78, 5) is 0. The molecule has 0 N–H and O–H groups in total. The van der Waals surface area contributed by atoms with Gasteiger partial charge in [0.25, 0.3) is 0 Å². The summed E-state index contributed by atoms with van der Waals surface area (Å²) in [6.45, 7) is 15.3. The first kappa shape index (κ1) is 20.9. The zero-order valence-corrected chi connectivity index (χ0v) is 16.2. The molecule has 21 heavy (non-hydrogen) atoms. The standard InChI is InChI=1S/C16H35NO3S/c1-10-14(11-15(4,5)13(2)3)20-12-16(6,7)17(8)21(9,18)19/h13-14H,10-12H2,1-9H3. The van der Waals surface area contributed by atoms with Gasteiger partial charge in [0, 0.05) is 7.05 Å². The van der Waals surface area contributed by atoms with Crippen LogP contribution in [0.3, 0.4) is 0 Å². The van der Waals surface area contributed by atoms with E-state index in [1.54, 1.807) is 7.05 Å². The number of nitrogens with zero attached hydrogens (tertiary/aromatic N) is 1. The van der Waals surface area contributed by atoms with Gasteiger partial charge in [-0.15, -0.1) is 0 Å². The summed E-state index contributed by atoms with van der Waals surface area (Å²) in [5.41, 5.74) is -0.323. The van der Waals surface area contributed by atoms with Gasteiger partial charge in [-0.05, 0) is 38.0 Å². The molecule has 0 saturated heterocycles. The molecule has 0 aromatic heterocycles. The van der Waals surface area contributed by atoms with Crippen molar-refractivity contribution >= 4 is 10.0 Å². The van der Waals surface area contributed by atoms with E-state index in [4.69, 9.17) is 4.74 Å². The van der Waals surface area contributed by atoms with Crippen LogP contribution in [0.25, 0.3) is 0 Å². The van der Waals surface area contributed by atoms with Gasteiger partial charge in [0.2, 0.25) is 10.0 Å². The molecule has 0 aliphatic rings. The average Bonchev–Trinajstić information content (AvgIpc) is 2.32. The fourth-order valence-corrected chi connectivity index (χ4v) is 2.96. The van der Waals surface area contributed by atoms with Crippen LogP contribution in [0, 0.1) is 11.3 Å². The molecular formula is C16H35NO3S. The first-order chi connectivity index (χ1) is 9.24. The molecule has 0 aliphatic carbocycles. The van der Waals surface area contributed by atoms with Crippen LogP contribution < -0.4 is 0 Å². The van der Waals surface area contributed by atoms with Gasteiger partial charge in [0.15, 0.2) is 0 Å². The van der Waals surface area contributed by atoms with E-state index in [1.807, 2.05) is 13.8 Å². The molecule has 5 heteroatoms. The molecule has 1 unspecified atom stereocenters. The number of ether oxygens (including phenoxy) is 1. The summed E-state index contributed by atoms with van der Waals surface area (Å²) >= 11 is 0. The van der Waals surface area contributed by atoms with Crippen molar-refractivity contribution in [2.45, 2.75) is 73.0 Å². The predicted octanol–water partition coefficient (Wildman–Crippen LogP) is 3.52. The second-order valence-electron chi connectivity index (χ2n) is 7.73. The van der Waals surface area contributed by atoms with Gasteiger partial charge in [0.05, 0.1) is 24.5 Å². The van der Waals surface area contributed by atoms with Gasteiger partial charge in [-0.25, -0.2) is 8.42 Å². The molecule has 0 fully saturated rings. The van der Waals surface area contributed by atoms with Crippen LogP contribution in [-0.4, -0.2) is 44.3 Å². The largest absolute Gasteiger partial charge is 0.376 e. The summed E-state index contributed by atoms with van der Waals surface area (Å²) in [5.74, 6) is 0.585. The minimum atomic E-state index is -3.21. The highest BCUT2D eigenvalue weighted by Crippen LogP contribution is 2.33. The Morgan fingerprint density at radius 1 is 1.14 bits per heavy atom. The highest BCUT2D eigenvalue weighted by atomic mass is 32.2. The fourth-order valence-electron chi connectivity index (χ4n) is 2.01. The van der Waals surface area contributed by atoms with Gasteiger partial charge >= 0.3 is 0 Å². The van der Waals surface area contributed by atoms with E-state index in [0.717, 1.165) is 12.8 Å². The summed E-state index contributed by atoms with van der Waals surface area (Å²) in [6, 6.07) is 0. The molecule has 0 radical (unpaired) electrons. The molecule has 0 rings (SSSR count). The third-order valence-corrected chi connectivity index (χ3v) is 6.28. The third kappa shape index (κ3) is 6.66. The van der Waals surface area contributed by atoms with Gasteiger partial charge in [-0.3, -0.25) is 0 Å². The van der Waals surface area contributed by atoms with E-state index >= 15 is 0 Å². The highest BCUT2D eigenvalue weighted by Gasteiger charge is 2.32. The molecule has 0 bridgehead atoms. The molecule has 0 aliphatic heterocycles. The first-order valence-electron chi connectivity index (χ1n) is 7.79. The van der Waals surface area contributed by atoms with E-state index in [1.165, 1.54) is 10.6 Å². The number of rotatable bonds is 9. The second kappa shape index (κ2) is 7.42. The van der Waals surface area contributed by atoms with Crippen LogP contribution >= 0.6 is 0 Å². The quantitative estimate of drug-likeness (QED) is 0.653. The maximum absolute atomic E-state index is 11.7. The van der Waals surface area contributed by atoms with Gasteiger partial charge in [-0.2, -0.15) is 4.31 Å². The third-order valence-electron chi connectivity index (χ3n) is 4.79. The van der Waals surface area contributed by atoms with Crippen molar-refractivity contribution < 1.29 is 13.2 Å². The number of hydrogen-bond donors (Lipinski definition) is 0. The Morgan fingerprint density at radius 2 is 1.62 bits per heavy atom. The minimum Gasteiger partial charge on any atom is -0.376 e. The summed E-state index contributed by atoms with van der Waals surface area (Å²) in [7, 11) is -1.60. The smallest absolute Gasteiger partial charge is 0.211 e. The van der Waals surface area contributed by atoms with E-state index < -0.39 is 15.6 Å². The second-order valence-corrected chi connectivity index (χ2v) is 9.75. The van der Waals surface area contributed by atoms with Crippen molar-refractivity contribution in [3.05, 3.63) is 0 Å². The molecule has 0 aromatic carbocycles. The maximum Gasteiger partial charge on any atom is 0.211 e. The summed E-state index contributed by atoms with van der Waals surface area (Å²) in [5, 5.41) is 0. The Morgan fingerprint density at radius 3 is 1.95 bits per heavy atom. The number of likely N-dealkylation sites (N-methyl/N-ethyl adjacent to an activating group) is 1. The van der Waals surface area contributed by atoms with E-state index in [2.05, 4.69) is 34.6 Å². The Bertz CT molecular complexity index is 413. The Kier molecular flexibility index (Phi) is 7.38. The lowest BCUT2D eigenvalue weighted by Crippen LogP contribution is -2.48. The Hall–Kier alpha value is -0.130. The predicted molar refractivity (Wildman–Crippen MR) is 90.0 cm³/mol. The molecule has 4 nitrogen and oxygen atoms in total. The molecule has 0 amide bonds. The minimum absolute atomic E-state index is 0.162. The highest BCUT2D eigenvalue weighted by molar-refractivity contribution is 7.88. The van der Waals surface area contributed by atoms with Crippen molar-refractivity contribution in [3.63, 3.8) is 0 Å². The van der Waals surface area contributed by atoms with Crippen LogP contribution in [0.5, 0.6) is 0 Å². The SMILES string of the molecule is CCC(CC(C)(C)C(C)C)OCC(C)(C)N(C)S(C)(=O)=O.